The maximum atomic E-state index is 10.9. The summed E-state index contributed by atoms with van der Waals surface area (Å²) < 4.78 is 5.19. The lowest BCUT2D eigenvalue weighted by Gasteiger charge is -2.20. The minimum Gasteiger partial charge on any atom is -0.493 e. The molecule has 0 saturated carbocycles. The molecule has 4 nitrogen and oxygen atoms in total. The molecule has 2 rings (SSSR count). The number of rotatable bonds is 0. The van der Waals surface area contributed by atoms with Crippen molar-refractivity contribution in [1.29, 1.82) is 0 Å². The van der Waals surface area contributed by atoms with Crippen molar-refractivity contribution >= 4 is 5.91 Å². The summed E-state index contributed by atoms with van der Waals surface area (Å²) >= 11 is 0. The largest absolute Gasteiger partial charge is 0.493 e. The van der Waals surface area contributed by atoms with Crippen LogP contribution in [0.4, 0.5) is 0 Å². The van der Waals surface area contributed by atoms with Gasteiger partial charge in [0.05, 0.1) is 0 Å². The van der Waals surface area contributed by atoms with E-state index in [0.717, 1.165) is 12.3 Å². The first-order chi connectivity index (χ1) is 4.88. The number of ether oxygens (including phenoxy) is 1. The van der Waals surface area contributed by atoms with E-state index in [2.05, 4.69) is 10.6 Å². The van der Waals surface area contributed by atoms with Gasteiger partial charge in [0, 0.05) is 12.7 Å². The molecule has 1 fully saturated rings. The SMILES string of the molecule is O=C1NC=C2OCCNC12. The number of morpholine rings is 1. The lowest BCUT2D eigenvalue weighted by atomic mass is 10.2. The van der Waals surface area contributed by atoms with Crippen molar-refractivity contribution in [3.8, 4) is 0 Å². The van der Waals surface area contributed by atoms with Gasteiger partial charge in [0.1, 0.15) is 18.4 Å². The van der Waals surface area contributed by atoms with Gasteiger partial charge in [-0.05, 0) is 0 Å². The number of carbonyl (C=O) groups is 1. The second-order valence-electron chi connectivity index (χ2n) is 2.29. The fraction of sp³-hybridized carbons (Fsp3) is 0.500. The van der Waals surface area contributed by atoms with Crippen LogP contribution in [0.2, 0.25) is 0 Å². The van der Waals surface area contributed by atoms with E-state index in [1.807, 2.05) is 0 Å². The molecule has 54 valence electrons. The van der Waals surface area contributed by atoms with E-state index >= 15 is 0 Å². The molecule has 2 N–H and O–H groups in total. The summed E-state index contributed by atoms with van der Waals surface area (Å²) in [6.45, 7) is 1.40. The summed E-state index contributed by atoms with van der Waals surface area (Å²) in [5.41, 5.74) is 0. The van der Waals surface area contributed by atoms with E-state index in [-0.39, 0.29) is 11.9 Å². The van der Waals surface area contributed by atoms with Gasteiger partial charge in [-0.1, -0.05) is 0 Å². The number of fused-ring (bicyclic) bond motifs is 1. The van der Waals surface area contributed by atoms with Crippen molar-refractivity contribution in [2.75, 3.05) is 13.2 Å². The fourth-order valence-electron chi connectivity index (χ4n) is 1.13. The smallest absolute Gasteiger partial charge is 0.249 e. The second-order valence-corrected chi connectivity index (χ2v) is 2.29. The zero-order chi connectivity index (χ0) is 6.97. The van der Waals surface area contributed by atoms with Crippen LogP contribution in [0.1, 0.15) is 0 Å². The predicted molar refractivity (Wildman–Crippen MR) is 34.0 cm³/mol. The third-order valence-corrected chi connectivity index (χ3v) is 1.62. The lowest BCUT2D eigenvalue weighted by Crippen LogP contribution is -2.44. The first-order valence-electron chi connectivity index (χ1n) is 3.24. The van der Waals surface area contributed by atoms with Crippen LogP contribution < -0.4 is 10.6 Å². The van der Waals surface area contributed by atoms with Crippen LogP contribution in [0.3, 0.4) is 0 Å². The van der Waals surface area contributed by atoms with Crippen LogP contribution in [0, 0.1) is 0 Å². The molecular formula is C6H8N2O2. The Bertz CT molecular complexity index is 200. The Kier molecular flexibility index (Phi) is 1.14. The molecule has 4 heteroatoms. The molecule has 1 unspecified atom stereocenters. The normalized spacial score (nSPS) is 30.2. The Morgan fingerprint density at radius 1 is 1.70 bits per heavy atom. The van der Waals surface area contributed by atoms with E-state index < -0.39 is 0 Å². The minimum atomic E-state index is -0.228. The van der Waals surface area contributed by atoms with Crippen LogP contribution in [0.25, 0.3) is 0 Å². The number of amides is 1. The van der Waals surface area contributed by atoms with Crippen LogP contribution in [0.5, 0.6) is 0 Å². The molecule has 1 saturated heterocycles. The van der Waals surface area contributed by atoms with Gasteiger partial charge in [0.2, 0.25) is 5.91 Å². The summed E-state index contributed by atoms with van der Waals surface area (Å²) in [5, 5.41) is 5.60. The maximum Gasteiger partial charge on any atom is 0.249 e. The molecule has 0 aromatic heterocycles. The molecule has 1 amide bonds. The molecular weight excluding hydrogens is 132 g/mol. The Morgan fingerprint density at radius 3 is 3.40 bits per heavy atom. The molecule has 2 heterocycles. The van der Waals surface area contributed by atoms with Crippen molar-refractivity contribution in [2.45, 2.75) is 6.04 Å². The molecule has 0 aromatic rings. The Morgan fingerprint density at radius 2 is 2.60 bits per heavy atom. The topological polar surface area (TPSA) is 50.4 Å². The van der Waals surface area contributed by atoms with Crippen LogP contribution >= 0.6 is 0 Å². The minimum absolute atomic E-state index is 0.0188. The third kappa shape index (κ3) is 0.690. The summed E-state index contributed by atoms with van der Waals surface area (Å²) in [4.78, 5) is 10.9. The van der Waals surface area contributed by atoms with Crippen LogP contribution in [-0.2, 0) is 9.53 Å². The van der Waals surface area contributed by atoms with Crippen molar-refractivity contribution in [3.63, 3.8) is 0 Å². The number of hydrogen-bond donors (Lipinski definition) is 2. The van der Waals surface area contributed by atoms with Gasteiger partial charge in [-0.25, -0.2) is 0 Å². The first-order valence-corrected chi connectivity index (χ1v) is 3.24. The Labute approximate surface area is 58.2 Å². The third-order valence-electron chi connectivity index (χ3n) is 1.62. The monoisotopic (exact) mass is 140 g/mol. The molecule has 10 heavy (non-hydrogen) atoms. The molecule has 0 aromatic carbocycles. The lowest BCUT2D eigenvalue weighted by molar-refractivity contribution is -0.121. The van der Waals surface area contributed by atoms with Crippen molar-refractivity contribution in [3.05, 3.63) is 12.0 Å². The zero-order valence-corrected chi connectivity index (χ0v) is 5.39. The molecule has 2 aliphatic rings. The second kappa shape index (κ2) is 1.98. The van der Waals surface area contributed by atoms with Crippen LogP contribution in [-0.4, -0.2) is 25.1 Å². The maximum absolute atomic E-state index is 10.9. The molecule has 0 spiro atoms. The van der Waals surface area contributed by atoms with Crippen molar-refractivity contribution in [1.82, 2.24) is 10.6 Å². The molecule has 0 bridgehead atoms. The molecule has 0 aliphatic carbocycles. The van der Waals surface area contributed by atoms with E-state index in [4.69, 9.17) is 4.74 Å². The van der Waals surface area contributed by atoms with Crippen LogP contribution in [0.15, 0.2) is 12.0 Å². The summed E-state index contributed by atoms with van der Waals surface area (Å²) in [6.07, 6.45) is 1.61. The summed E-state index contributed by atoms with van der Waals surface area (Å²) in [7, 11) is 0. The average Bonchev–Trinajstić information content (AvgIpc) is 2.34. The number of hydrogen-bond acceptors (Lipinski definition) is 3. The predicted octanol–water partition coefficient (Wildman–Crippen LogP) is -1.05. The van der Waals surface area contributed by atoms with E-state index in [1.165, 1.54) is 0 Å². The first kappa shape index (κ1) is 5.73. The highest BCUT2D eigenvalue weighted by molar-refractivity contribution is 5.88. The standard InChI is InChI=1S/C6H8N2O2/c9-6-5-4(3-8-6)10-2-1-7-5/h3,5,7H,1-2H2,(H,8,9). The zero-order valence-electron chi connectivity index (χ0n) is 5.39. The van der Waals surface area contributed by atoms with Gasteiger partial charge in [-0.3, -0.25) is 10.1 Å². The van der Waals surface area contributed by atoms with Gasteiger partial charge in [-0.15, -0.1) is 0 Å². The van der Waals surface area contributed by atoms with Gasteiger partial charge >= 0.3 is 0 Å². The number of nitrogens with one attached hydrogen (secondary N) is 2. The van der Waals surface area contributed by atoms with E-state index in [1.54, 1.807) is 6.20 Å². The quantitative estimate of drug-likeness (QED) is 0.451. The van der Waals surface area contributed by atoms with Gasteiger partial charge in [0.25, 0.3) is 0 Å². The highest BCUT2D eigenvalue weighted by Gasteiger charge is 2.31. The van der Waals surface area contributed by atoms with Gasteiger partial charge in [-0.2, -0.15) is 0 Å². The van der Waals surface area contributed by atoms with Crippen molar-refractivity contribution < 1.29 is 9.53 Å². The highest BCUT2D eigenvalue weighted by atomic mass is 16.5. The Balaban J connectivity index is 2.18. The summed E-state index contributed by atoms with van der Waals surface area (Å²) in [5.74, 6) is 0.700. The van der Waals surface area contributed by atoms with Gasteiger partial charge in [0.15, 0.2) is 0 Å². The van der Waals surface area contributed by atoms with Crippen molar-refractivity contribution in [2.24, 2.45) is 0 Å². The average molecular weight is 140 g/mol. The van der Waals surface area contributed by atoms with Gasteiger partial charge < -0.3 is 10.1 Å². The molecule has 2 aliphatic heterocycles. The number of carbonyl (C=O) groups excluding carboxylic acids is 1. The van der Waals surface area contributed by atoms with E-state index in [9.17, 15) is 4.79 Å². The fourth-order valence-corrected chi connectivity index (χ4v) is 1.13. The Hall–Kier alpha value is -1.03. The summed E-state index contributed by atoms with van der Waals surface area (Å²) in [6, 6.07) is -0.228. The van der Waals surface area contributed by atoms with E-state index in [0.29, 0.717) is 6.61 Å². The highest BCUT2D eigenvalue weighted by Crippen LogP contribution is 2.12. The molecule has 0 radical (unpaired) electrons. The molecule has 1 atom stereocenters.